The highest BCUT2D eigenvalue weighted by atomic mass is 35.5. The molecule has 1 aliphatic heterocycles. The fourth-order valence-corrected chi connectivity index (χ4v) is 2.65. The molecule has 0 bridgehead atoms. The number of hydrogen-bond donors (Lipinski definition) is 2. The van der Waals surface area contributed by atoms with Gasteiger partial charge in [-0.05, 0) is 44.4 Å². The number of hydrogen-bond acceptors (Lipinski definition) is 3. The van der Waals surface area contributed by atoms with Crippen LogP contribution in [0.1, 0.15) is 43.5 Å². The van der Waals surface area contributed by atoms with E-state index >= 15 is 0 Å². The lowest BCUT2D eigenvalue weighted by atomic mass is 9.99. The molecular formula is C10H17ClN4S. The van der Waals surface area contributed by atoms with E-state index < -0.39 is 0 Å². The number of H-pyrrole nitrogens is 1. The second-order valence-corrected chi connectivity index (χ2v) is 4.92. The summed E-state index contributed by atoms with van der Waals surface area (Å²) in [5, 5.41) is 10.8. The van der Waals surface area contributed by atoms with Crippen molar-refractivity contribution in [1.29, 1.82) is 0 Å². The normalized spacial score (nSPS) is 25.1. The first kappa shape index (κ1) is 12.1. The standard InChI is InChI=1S/C10H16N4S.ClH/c15-10-13-12-9(14(10)8-3-4-8)7-2-1-5-11-6-7;/h7-8,11H,1-6H2,(H,13,15);1H. The number of rotatable bonds is 2. The van der Waals surface area contributed by atoms with Crippen LogP contribution >= 0.6 is 24.6 Å². The molecule has 1 aromatic rings. The molecule has 1 aliphatic carbocycles. The Kier molecular flexibility index (Phi) is 3.66. The maximum atomic E-state index is 5.28. The molecule has 0 aromatic carbocycles. The number of aromatic nitrogens is 3. The maximum absolute atomic E-state index is 5.28. The Morgan fingerprint density at radius 1 is 1.31 bits per heavy atom. The molecule has 1 unspecified atom stereocenters. The van der Waals surface area contributed by atoms with E-state index in [1.807, 2.05) is 0 Å². The summed E-state index contributed by atoms with van der Waals surface area (Å²) in [5.74, 6) is 1.72. The molecule has 6 heteroatoms. The van der Waals surface area contributed by atoms with Gasteiger partial charge < -0.3 is 9.88 Å². The summed E-state index contributed by atoms with van der Waals surface area (Å²) in [4.78, 5) is 0. The van der Waals surface area contributed by atoms with Gasteiger partial charge in [0.25, 0.3) is 0 Å². The second kappa shape index (κ2) is 4.85. The largest absolute Gasteiger partial charge is 0.316 e. The van der Waals surface area contributed by atoms with Gasteiger partial charge in [0.1, 0.15) is 5.82 Å². The lowest BCUT2D eigenvalue weighted by Gasteiger charge is -2.22. The summed E-state index contributed by atoms with van der Waals surface area (Å²) >= 11 is 5.28. The lowest BCUT2D eigenvalue weighted by molar-refractivity contribution is 0.431. The van der Waals surface area contributed by atoms with Gasteiger partial charge in [-0.1, -0.05) is 0 Å². The van der Waals surface area contributed by atoms with Crippen LogP contribution in [0.2, 0.25) is 0 Å². The first-order chi connectivity index (χ1) is 7.36. The van der Waals surface area contributed by atoms with E-state index in [4.69, 9.17) is 12.2 Å². The maximum Gasteiger partial charge on any atom is 0.195 e. The average Bonchev–Trinajstić information content (AvgIpc) is 3.03. The van der Waals surface area contributed by atoms with Crippen molar-refractivity contribution in [2.24, 2.45) is 0 Å². The fourth-order valence-electron chi connectivity index (χ4n) is 2.36. The number of piperidine rings is 1. The van der Waals surface area contributed by atoms with E-state index in [2.05, 4.69) is 20.1 Å². The first-order valence-corrected chi connectivity index (χ1v) is 6.14. The summed E-state index contributed by atoms with van der Waals surface area (Å²) in [6.45, 7) is 2.19. The van der Waals surface area contributed by atoms with Crippen LogP contribution in [0.3, 0.4) is 0 Å². The molecule has 3 rings (SSSR count). The van der Waals surface area contributed by atoms with Gasteiger partial charge in [-0.15, -0.1) is 12.4 Å². The van der Waals surface area contributed by atoms with Crippen LogP contribution in [-0.4, -0.2) is 27.9 Å². The second-order valence-electron chi connectivity index (χ2n) is 4.53. The number of aromatic amines is 1. The van der Waals surface area contributed by atoms with Gasteiger partial charge in [-0.25, -0.2) is 0 Å². The molecule has 2 heterocycles. The van der Waals surface area contributed by atoms with Crippen molar-refractivity contribution in [1.82, 2.24) is 20.1 Å². The van der Waals surface area contributed by atoms with Gasteiger partial charge in [0.15, 0.2) is 4.77 Å². The fraction of sp³-hybridized carbons (Fsp3) is 0.800. The van der Waals surface area contributed by atoms with Gasteiger partial charge in [0.05, 0.1) is 0 Å². The van der Waals surface area contributed by atoms with E-state index in [0.717, 1.165) is 17.9 Å². The van der Waals surface area contributed by atoms with Crippen molar-refractivity contribution in [3.63, 3.8) is 0 Å². The minimum absolute atomic E-state index is 0. The van der Waals surface area contributed by atoms with Crippen LogP contribution in [0.4, 0.5) is 0 Å². The van der Waals surface area contributed by atoms with Crippen molar-refractivity contribution in [2.45, 2.75) is 37.6 Å². The van der Waals surface area contributed by atoms with E-state index in [1.165, 1.54) is 31.5 Å². The third kappa shape index (κ3) is 2.17. The van der Waals surface area contributed by atoms with Crippen LogP contribution in [-0.2, 0) is 0 Å². The van der Waals surface area contributed by atoms with Crippen molar-refractivity contribution in [3.05, 3.63) is 10.6 Å². The quantitative estimate of drug-likeness (QED) is 0.801. The van der Waals surface area contributed by atoms with Gasteiger partial charge in [0, 0.05) is 18.5 Å². The number of nitrogens with zero attached hydrogens (tertiary/aromatic N) is 2. The minimum Gasteiger partial charge on any atom is -0.316 e. The van der Waals surface area contributed by atoms with Gasteiger partial charge >= 0.3 is 0 Å². The first-order valence-electron chi connectivity index (χ1n) is 5.74. The molecule has 0 amide bonds. The summed E-state index contributed by atoms with van der Waals surface area (Å²) < 4.78 is 3.05. The number of nitrogens with one attached hydrogen (secondary N) is 2. The number of halogens is 1. The summed E-state index contributed by atoms with van der Waals surface area (Å²) in [6.07, 6.45) is 5.01. The molecule has 1 atom stereocenters. The molecule has 0 spiro atoms. The van der Waals surface area contributed by atoms with Crippen molar-refractivity contribution < 1.29 is 0 Å². The van der Waals surface area contributed by atoms with E-state index in [-0.39, 0.29) is 12.4 Å². The molecule has 2 fully saturated rings. The average molecular weight is 261 g/mol. The third-order valence-corrected chi connectivity index (χ3v) is 3.59. The van der Waals surface area contributed by atoms with Gasteiger partial charge in [-0.3, -0.25) is 5.10 Å². The Hall–Kier alpha value is -0.390. The van der Waals surface area contributed by atoms with Crippen LogP contribution in [0.15, 0.2) is 0 Å². The Morgan fingerprint density at radius 3 is 2.75 bits per heavy atom. The minimum atomic E-state index is 0. The van der Waals surface area contributed by atoms with Crippen LogP contribution < -0.4 is 5.32 Å². The Balaban J connectivity index is 0.000000963. The summed E-state index contributed by atoms with van der Waals surface area (Å²) in [7, 11) is 0. The molecule has 2 N–H and O–H groups in total. The van der Waals surface area contributed by atoms with Gasteiger partial charge in [0.2, 0.25) is 0 Å². The SMILES string of the molecule is Cl.S=c1[nH]nc(C2CCCNC2)n1C1CC1. The zero-order chi connectivity index (χ0) is 10.3. The molecular weight excluding hydrogens is 244 g/mol. The Morgan fingerprint density at radius 2 is 2.12 bits per heavy atom. The van der Waals surface area contributed by atoms with Crippen LogP contribution in [0, 0.1) is 4.77 Å². The monoisotopic (exact) mass is 260 g/mol. The molecule has 4 nitrogen and oxygen atoms in total. The molecule has 1 saturated carbocycles. The highest BCUT2D eigenvalue weighted by Gasteiger charge is 2.30. The highest BCUT2D eigenvalue weighted by Crippen LogP contribution is 2.37. The zero-order valence-corrected chi connectivity index (χ0v) is 10.7. The molecule has 0 radical (unpaired) electrons. The molecule has 1 aromatic heterocycles. The summed E-state index contributed by atoms with van der Waals surface area (Å²) in [5.41, 5.74) is 0. The zero-order valence-electron chi connectivity index (χ0n) is 9.11. The topological polar surface area (TPSA) is 45.6 Å². The van der Waals surface area contributed by atoms with Crippen molar-refractivity contribution >= 4 is 24.6 Å². The van der Waals surface area contributed by atoms with Crippen molar-refractivity contribution in [3.8, 4) is 0 Å². The van der Waals surface area contributed by atoms with E-state index in [0.29, 0.717) is 12.0 Å². The van der Waals surface area contributed by atoms with Gasteiger partial charge in [-0.2, -0.15) is 5.10 Å². The third-order valence-electron chi connectivity index (χ3n) is 3.31. The van der Waals surface area contributed by atoms with Crippen molar-refractivity contribution in [2.75, 3.05) is 13.1 Å². The predicted molar refractivity (Wildman–Crippen MR) is 67.8 cm³/mol. The Labute approximate surface area is 106 Å². The van der Waals surface area contributed by atoms with E-state index in [9.17, 15) is 0 Å². The smallest absolute Gasteiger partial charge is 0.195 e. The van der Waals surface area contributed by atoms with E-state index in [1.54, 1.807) is 0 Å². The molecule has 90 valence electrons. The molecule has 1 saturated heterocycles. The Bertz CT molecular complexity index is 403. The predicted octanol–water partition coefficient (Wildman–Crippen LogP) is 2.16. The van der Waals surface area contributed by atoms with Crippen LogP contribution in [0.5, 0.6) is 0 Å². The highest BCUT2D eigenvalue weighted by molar-refractivity contribution is 7.71. The molecule has 2 aliphatic rings. The summed E-state index contributed by atoms with van der Waals surface area (Å²) in [6, 6.07) is 0.633. The molecule has 16 heavy (non-hydrogen) atoms. The van der Waals surface area contributed by atoms with Crippen LogP contribution in [0.25, 0.3) is 0 Å². The lowest BCUT2D eigenvalue weighted by Crippen LogP contribution is -2.30.